The zero-order chi connectivity index (χ0) is 19.0. The van der Waals surface area contributed by atoms with Crippen LogP contribution in [-0.4, -0.2) is 39.5 Å². The van der Waals surface area contributed by atoms with E-state index in [1.165, 1.54) is 68.4 Å². The monoisotopic (exact) mass is 415 g/mol. The van der Waals surface area contributed by atoms with Crippen LogP contribution >= 0.6 is 23.5 Å². The van der Waals surface area contributed by atoms with Crippen molar-refractivity contribution in [3.8, 4) is 0 Å². The summed E-state index contributed by atoms with van der Waals surface area (Å²) < 4.78 is 0.501. The van der Waals surface area contributed by atoms with Gasteiger partial charge in [-0.2, -0.15) is 0 Å². The molecular formula is C24H33NOS2. The molecule has 0 radical (unpaired) electrons. The maximum atomic E-state index is 13.3. The van der Waals surface area contributed by atoms with E-state index in [4.69, 9.17) is 0 Å². The molecule has 2 unspecified atom stereocenters. The van der Waals surface area contributed by atoms with Crippen LogP contribution in [0.2, 0.25) is 0 Å². The summed E-state index contributed by atoms with van der Waals surface area (Å²) in [6, 6.07) is 10.9. The van der Waals surface area contributed by atoms with E-state index < -0.39 is 0 Å². The highest BCUT2D eigenvalue weighted by molar-refractivity contribution is 8.21. The molecule has 2 nitrogen and oxygen atoms in total. The lowest BCUT2D eigenvalue weighted by molar-refractivity contribution is -0.138. The minimum atomic E-state index is 0.325. The number of benzene rings is 1. The molecule has 1 amide bonds. The van der Waals surface area contributed by atoms with Gasteiger partial charge in [0.15, 0.2) is 0 Å². The van der Waals surface area contributed by atoms with E-state index in [0.717, 1.165) is 30.8 Å². The molecule has 4 aliphatic rings. The van der Waals surface area contributed by atoms with Gasteiger partial charge >= 0.3 is 0 Å². The van der Waals surface area contributed by atoms with Crippen LogP contribution in [0.25, 0.3) is 0 Å². The molecule has 1 spiro atoms. The van der Waals surface area contributed by atoms with Crippen LogP contribution in [0, 0.1) is 23.7 Å². The Kier molecular flexibility index (Phi) is 5.71. The molecule has 2 atom stereocenters. The van der Waals surface area contributed by atoms with Gasteiger partial charge < -0.3 is 4.90 Å². The van der Waals surface area contributed by atoms with Crippen molar-refractivity contribution >= 4 is 29.4 Å². The number of likely N-dealkylation sites (tertiary alicyclic amines) is 1. The van der Waals surface area contributed by atoms with Crippen molar-refractivity contribution in [2.75, 3.05) is 24.6 Å². The van der Waals surface area contributed by atoms with Crippen molar-refractivity contribution in [2.24, 2.45) is 23.7 Å². The van der Waals surface area contributed by atoms with Crippen molar-refractivity contribution in [3.63, 3.8) is 0 Å². The van der Waals surface area contributed by atoms with Gasteiger partial charge in [0.2, 0.25) is 5.91 Å². The Bertz CT molecular complexity index is 663. The Morgan fingerprint density at radius 3 is 2.25 bits per heavy atom. The lowest BCUT2D eigenvalue weighted by atomic mass is 9.79. The summed E-state index contributed by atoms with van der Waals surface area (Å²) in [5.41, 5.74) is 1.45. The molecule has 0 N–H and O–H groups in total. The molecule has 152 valence electrons. The van der Waals surface area contributed by atoms with Crippen molar-refractivity contribution < 1.29 is 4.79 Å². The second-order valence-corrected chi connectivity index (χ2v) is 12.4. The average Bonchev–Trinajstić information content (AvgIpc) is 3.28. The third-order valence-corrected chi connectivity index (χ3v) is 11.9. The van der Waals surface area contributed by atoms with Crippen molar-refractivity contribution in [1.82, 2.24) is 4.90 Å². The number of rotatable bonds is 4. The summed E-state index contributed by atoms with van der Waals surface area (Å²) in [5.74, 6) is 5.86. The number of piperidine rings is 1. The molecule has 1 aromatic rings. The fourth-order valence-corrected chi connectivity index (χ4v) is 10.3. The Labute approximate surface area is 178 Å². The van der Waals surface area contributed by atoms with Gasteiger partial charge in [-0.05, 0) is 74.7 Å². The van der Waals surface area contributed by atoms with Crippen LogP contribution in [-0.2, 0) is 11.2 Å². The molecule has 2 bridgehead atoms. The van der Waals surface area contributed by atoms with Crippen molar-refractivity contribution in [2.45, 2.75) is 55.4 Å². The fourth-order valence-electron chi connectivity index (χ4n) is 6.32. The number of thioether (sulfide) groups is 2. The first kappa shape index (κ1) is 19.4. The van der Waals surface area contributed by atoms with Crippen LogP contribution in [0.4, 0.5) is 0 Å². The highest BCUT2D eigenvalue weighted by atomic mass is 32.2. The van der Waals surface area contributed by atoms with E-state index in [2.05, 4.69) is 58.8 Å². The van der Waals surface area contributed by atoms with Gasteiger partial charge in [0.05, 0.1) is 4.08 Å². The molecule has 2 saturated heterocycles. The second kappa shape index (κ2) is 8.26. The fraction of sp³-hybridized carbons (Fsp3) is 0.708. The van der Waals surface area contributed by atoms with Gasteiger partial charge in [-0.25, -0.2) is 0 Å². The smallest absolute Gasteiger partial charge is 0.225 e. The van der Waals surface area contributed by atoms with E-state index in [1.54, 1.807) is 0 Å². The third kappa shape index (κ3) is 3.64. The summed E-state index contributed by atoms with van der Waals surface area (Å²) in [6.45, 7) is 2.00. The minimum absolute atomic E-state index is 0.325. The number of amides is 1. The Hall–Kier alpha value is -0.610. The normalized spacial score (nSPS) is 32.1. The first-order valence-electron chi connectivity index (χ1n) is 11.4. The van der Waals surface area contributed by atoms with E-state index in [9.17, 15) is 4.79 Å². The zero-order valence-corrected chi connectivity index (χ0v) is 18.5. The largest absolute Gasteiger partial charge is 0.342 e. The quantitative estimate of drug-likeness (QED) is 0.650. The maximum Gasteiger partial charge on any atom is 0.225 e. The second-order valence-electron chi connectivity index (χ2n) is 9.35. The predicted molar refractivity (Wildman–Crippen MR) is 121 cm³/mol. The Morgan fingerprint density at radius 2 is 1.61 bits per heavy atom. The van der Waals surface area contributed by atoms with Crippen LogP contribution in [0.1, 0.15) is 50.5 Å². The number of nitrogens with zero attached hydrogens (tertiary/aromatic N) is 1. The van der Waals surface area contributed by atoms with Gasteiger partial charge in [0, 0.05) is 30.5 Å². The lowest BCUT2D eigenvalue weighted by Crippen LogP contribution is -2.46. The molecule has 5 rings (SSSR count). The highest BCUT2D eigenvalue weighted by Gasteiger charge is 2.57. The number of aryl methyl sites for hydroxylation is 1. The average molecular weight is 416 g/mol. The molecule has 2 aliphatic carbocycles. The molecule has 1 aromatic carbocycles. The van der Waals surface area contributed by atoms with Gasteiger partial charge in [-0.1, -0.05) is 30.3 Å². The third-order valence-electron chi connectivity index (χ3n) is 7.84. The van der Waals surface area contributed by atoms with Gasteiger partial charge in [-0.3, -0.25) is 4.79 Å². The summed E-state index contributed by atoms with van der Waals surface area (Å²) in [7, 11) is 0. The van der Waals surface area contributed by atoms with Gasteiger partial charge in [0.1, 0.15) is 0 Å². The van der Waals surface area contributed by atoms with Gasteiger partial charge in [-0.15, -0.1) is 23.5 Å². The standard InChI is InChI=1S/C24H33NOS2/c26-23(20-16-21-8-9-22(17-20)24(21)27-14-15-28-24)25-12-10-19(11-13-25)7-6-18-4-2-1-3-5-18/h1-5,19-22H,6-17H2. The molecule has 0 aromatic heterocycles. The SMILES string of the molecule is O=C(C1CC2CCC(C1)C21SCCS1)N1CCC(CCc2ccccc2)CC1. The zero-order valence-electron chi connectivity index (χ0n) is 16.9. The molecule has 2 heterocycles. The number of hydrogen-bond donors (Lipinski definition) is 0. The van der Waals surface area contributed by atoms with Crippen LogP contribution in [0.3, 0.4) is 0 Å². The predicted octanol–water partition coefficient (Wildman–Crippen LogP) is 5.47. The molecule has 28 heavy (non-hydrogen) atoms. The molecule has 2 aliphatic heterocycles. The van der Waals surface area contributed by atoms with Crippen LogP contribution in [0.15, 0.2) is 30.3 Å². The van der Waals surface area contributed by atoms with E-state index in [1.807, 2.05) is 0 Å². The van der Waals surface area contributed by atoms with Gasteiger partial charge in [0.25, 0.3) is 0 Å². The van der Waals surface area contributed by atoms with E-state index in [0.29, 0.717) is 15.9 Å². The van der Waals surface area contributed by atoms with Crippen LogP contribution < -0.4 is 0 Å². The molecular weight excluding hydrogens is 382 g/mol. The summed E-state index contributed by atoms with van der Waals surface area (Å²) >= 11 is 4.47. The molecule has 4 heteroatoms. The summed E-state index contributed by atoms with van der Waals surface area (Å²) in [5, 5.41) is 0. The Balaban J connectivity index is 1.12. The topological polar surface area (TPSA) is 20.3 Å². The summed E-state index contributed by atoms with van der Waals surface area (Å²) in [6.07, 6.45) is 9.94. The number of carbonyl (C=O) groups excluding carboxylic acids is 1. The van der Waals surface area contributed by atoms with Crippen LogP contribution in [0.5, 0.6) is 0 Å². The number of carbonyl (C=O) groups is 1. The minimum Gasteiger partial charge on any atom is -0.342 e. The maximum absolute atomic E-state index is 13.3. The lowest BCUT2D eigenvalue weighted by Gasteiger charge is -2.44. The number of hydrogen-bond acceptors (Lipinski definition) is 3. The first-order valence-corrected chi connectivity index (χ1v) is 13.3. The van der Waals surface area contributed by atoms with E-state index >= 15 is 0 Å². The van der Waals surface area contributed by atoms with Crippen molar-refractivity contribution in [3.05, 3.63) is 35.9 Å². The van der Waals surface area contributed by atoms with Crippen molar-refractivity contribution in [1.29, 1.82) is 0 Å². The van der Waals surface area contributed by atoms with E-state index in [-0.39, 0.29) is 0 Å². The highest BCUT2D eigenvalue weighted by Crippen LogP contribution is 2.66. The molecule has 2 saturated carbocycles. The molecule has 4 fully saturated rings. The first-order chi connectivity index (χ1) is 13.7. The summed E-state index contributed by atoms with van der Waals surface area (Å²) in [4.78, 5) is 15.5. The Morgan fingerprint density at radius 1 is 0.964 bits per heavy atom.